The summed E-state index contributed by atoms with van der Waals surface area (Å²) in [5, 5.41) is 12.8. The number of benzene rings is 1. The highest BCUT2D eigenvalue weighted by Crippen LogP contribution is 2.12. The van der Waals surface area contributed by atoms with Crippen LogP contribution in [-0.4, -0.2) is 48.7 Å². The molecular weight excluding hydrogens is 308 g/mol. The van der Waals surface area contributed by atoms with E-state index in [1.165, 1.54) is 0 Å². The summed E-state index contributed by atoms with van der Waals surface area (Å²) in [5.41, 5.74) is 0.0234. The van der Waals surface area contributed by atoms with E-state index in [9.17, 15) is 9.90 Å². The monoisotopic (exact) mass is 328 g/mol. The van der Waals surface area contributed by atoms with Gasteiger partial charge < -0.3 is 15.3 Å². The van der Waals surface area contributed by atoms with E-state index in [1.807, 2.05) is 43.3 Å². The highest BCUT2D eigenvalue weighted by molar-refractivity contribution is 9.10. The molecule has 1 aromatic carbocycles. The predicted octanol–water partition coefficient (Wildman–Crippen LogP) is 1.42. The van der Waals surface area contributed by atoms with Crippen molar-refractivity contribution in [2.24, 2.45) is 0 Å². The minimum atomic E-state index is -0.920. The van der Waals surface area contributed by atoms with Crippen LogP contribution in [0.25, 0.3) is 0 Å². The standard InChI is InChI=1S/C14H21BrN2O2/c1-14(19,10-17(2)3)9-16-13(18)8-11-5-4-6-12(15)7-11/h4-7,19H,8-10H2,1-3H3,(H,16,18). The van der Waals surface area contributed by atoms with E-state index in [-0.39, 0.29) is 12.5 Å². The van der Waals surface area contributed by atoms with Gasteiger partial charge in [0, 0.05) is 17.6 Å². The molecule has 1 rings (SSSR count). The molecule has 1 unspecified atom stereocenters. The van der Waals surface area contributed by atoms with Gasteiger partial charge in [-0.2, -0.15) is 0 Å². The van der Waals surface area contributed by atoms with Crippen LogP contribution in [0.5, 0.6) is 0 Å². The molecule has 0 bridgehead atoms. The van der Waals surface area contributed by atoms with Gasteiger partial charge in [-0.3, -0.25) is 4.79 Å². The van der Waals surface area contributed by atoms with Gasteiger partial charge in [0.05, 0.1) is 12.0 Å². The molecule has 0 radical (unpaired) electrons. The lowest BCUT2D eigenvalue weighted by Crippen LogP contribution is -2.47. The largest absolute Gasteiger partial charge is 0.387 e. The van der Waals surface area contributed by atoms with E-state index in [4.69, 9.17) is 0 Å². The Kier molecular flexibility index (Phi) is 5.97. The van der Waals surface area contributed by atoms with Gasteiger partial charge in [0.15, 0.2) is 0 Å². The van der Waals surface area contributed by atoms with Gasteiger partial charge in [-0.15, -0.1) is 0 Å². The fourth-order valence-electron chi connectivity index (χ4n) is 1.92. The fourth-order valence-corrected chi connectivity index (χ4v) is 2.37. The Morgan fingerprint density at radius 3 is 2.74 bits per heavy atom. The van der Waals surface area contributed by atoms with Crippen molar-refractivity contribution in [3.8, 4) is 0 Å². The SMILES string of the molecule is CN(C)CC(C)(O)CNC(=O)Cc1cccc(Br)c1. The average Bonchev–Trinajstić information content (AvgIpc) is 2.25. The first-order chi connectivity index (χ1) is 8.78. The Morgan fingerprint density at radius 2 is 2.16 bits per heavy atom. The number of amides is 1. The number of hydrogen-bond acceptors (Lipinski definition) is 3. The summed E-state index contributed by atoms with van der Waals surface area (Å²) in [6, 6.07) is 7.64. The fraction of sp³-hybridized carbons (Fsp3) is 0.500. The van der Waals surface area contributed by atoms with Gasteiger partial charge in [-0.25, -0.2) is 0 Å². The van der Waals surface area contributed by atoms with E-state index in [0.717, 1.165) is 10.0 Å². The van der Waals surface area contributed by atoms with Gasteiger partial charge in [0.1, 0.15) is 0 Å². The molecule has 0 aliphatic carbocycles. The molecule has 1 atom stereocenters. The number of nitrogens with one attached hydrogen (secondary N) is 1. The molecule has 5 heteroatoms. The van der Waals surface area contributed by atoms with Crippen molar-refractivity contribution in [2.75, 3.05) is 27.2 Å². The molecule has 0 saturated carbocycles. The van der Waals surface area contributed by atoms with Crippen LogP contribution in [0.2, 0.25) is 0 Å². The summed E-state index contributed by atoms with van der Waals surface area (Å²) in [7, 11) is 3.77. The van der Waals surface area contributed by atoms with Crippen LogP contribution in [0, 0.1) is 0 Å². The van der Waals surface area contributed by atoms with Gasteiger partial charge in [0.2, 0.25) is 5.91 Å². The maximum absolute atomic E-state index is 11.8. The maximum Gasteiger partial charge on any atom is 0.224 e. The zero-order chi connectivity index (χ0) is 14.5. The van der Waals surface area contributed by atoms with Crippen molar-refractivity contribution in [1.82, 2.24) is 10.2 Å². The molecular formula is C14H21BrN2O2. The lowest BCUT2D eigenvalue weighted by Gasteiger charge is -2.27. The predicted molar refractivity (Wildman–Crippen MR) is 80.0 cm³/mol. The normalized spacial score (nSPS) is 14.2. The van der Waals surface area contributed by atoms with Crippen LogP contribution in [0.4, 0.5) is 0 Å². The van der Waals surface area contributed by atoms with E-state index < -0.39 is 5.60 Å². The van der Waals surface area contributed by atoms with E-state index in [0.29, 0.717) is 13.0 Å². The van der Waals surface area contributed by atoms with Crippen LogP contribution >= 0.6 is 15.9 Å². The quantitative estimate of drug-likeness (QED) is 0.830. The summed E-state index contributed by atoms with van der Waals surface area (Å²) in [6.45, 7) is 2.47. The maximum atomic E-state index is 11.8. The summed E-state index contributed by atoms with van der Waals surface area (Å²) in [6.07, 6.45) is 0.317. The summed E-state index contributed by atoms with van der Waals surface area (Å²) < 4.78 is 0.956. The van der Waals surface area contributed by atoms with Crippen molar-refractivity contribution in [2.45, 2.75) is 18.9 Å². The van der Waals surface area contributed by atoms with Gasteiger partial charge >= 0.3 is 0 Å². The Labute approximate surface area is 122 Å². The Hall–Kier alpha value is -0.910. The summed E-state index contributed by atoms with van der Waals surface area (Å²) in [4.78, 5) is 13.7. The van der Waals surface area contributed by atoms with E-state index >= 15 is 0 Å². The molecule has 0 aromatic heterocycles. The molecule has 0 saturated heterocycles. The average molecular weight is 329 g/mol. The second-order valence-corrected chi connectivity index (χ2v) is 6.23. The van der Waals surface area contributed by atoms with Gasteiger partial charge in [-0.1, -0.05) is 28.1 Å². The first-order valence-corrected chi connectivity index (χ1v) is 6.96. The smallest absolute Gasteiger partial charge is 0.224 e. The van der Waals surface area contributed by atoms with Crippen LogP contribution < -0.4 is 5.32 Å². The molecule has 106 valence electrons. The molecule has 0 heterocycles. The van der Waals surface area contributed by atoms with Crippen molar-refractivity contribution >= 4 is 21.8 Å². The Morgan fingerprint density at radius 1 is 1.47 bits per heavy atom. The van der Waals surface area contributed by atoms with E-state index in [2.05, 4.69) is 21.2 Å². The van der Waals surface area contributed by atoms with Crippen molar-refractivity contribution < 1.29 is 9.90 Å². The number of aliphatic hydroxyl groups is 1. The zero-order valence-electron chi connectivity index (χ0n) is 11.6. The molecule has 0 aliphatic rings. The molecule has 0 spiro atoms. The number of nitrogens with zero attached hydrogens (tertiary/aromatic N) is 1. The third-order valence-electron chi connectivity index (χ3n) is 2.58. The minimum absolute atomic E-state index is 0.0860. The third-order valence-corrected chi connectivity index (χ3v) is 3.07. The molecule has 0 aliphatic heterocycles. The zero-order valence-corrected chi connectivity index (χ0v) is 13.2. The number of rotatable bonds is 6. The Bertz CT molecular complexity index is 433. The van der Waals surface area contributed by atoms with Gasteiger partial charge in [0.25, 0.3) is 0 Å². The minimum Gasteiger partial charge on any atom is -0.387 e. The number of carbonyl (C=O) groups is 1. The summed E-state index contributed by atoms with van der Waals surface area (Å²) >= 11 is 3.37. The van der Waals surface area contributed by atoms with Crippen molar-refractivity contribution in [3.05, 3.63) is 34.3 Å². The van der Waals surface area contributed by atoms with Crippen LogP contribution in [0.15, 0.2) is 28.7 Å². The van der Waals surface area contributed by atoms with Crippen molar-refractivity contribution in [3.63, 3.8) is 0 Å². The molecule has 0 fully saturated rings. The third kappa shape index (κ3) is 6.71. The van der Waals surface area contributed by atoms with Crippen molar-refractivity contribution in [1.29, 1.82) is 0 Å². The first kappa shape index (κ1) is 16.1. The lowest BCUT2D eigenvalue weighted by molar-refractivity contribution is -0.121. The van der Waals surface area contributed by atoms with Crippen LogP contribution in [0.3, 0.4) is 0 Å². The number of halogens is 1. The molecule has 2 N–H and O–H groups in total. The first-order valence-electron chi connectivity index (χ1n) is 6.17. The van der Waals surface area contributed by atoms with Gasteiger partial charge in [-0.05, 0) is 38.7 Å². The molecule has 1 amide bonds. The topological polar surface area (TPSA) is 52.6 Å². The number of likely N-dealkylation sites (N-methyl/N-ethyl adjacent to an activating group) is 1. The molecule has 19 heavy (non-hydrogen) atoms. The highest BCUT2D eigenvalue weighted by Gasteiger charge is 2.21. The Balaban J connectivity index is 2.44. The number of hydrogen-bond donors (Lipinski definition) is 2. The van der Waals surface area contributed by atoms with E-state index in [1.54, 1.807) is 6.92 Å². The van der Waals surface area contributed by atoms with Crippen LogP contribution in [0.1, 0.15) is 12.5 Å². The number of carbonyl (C=O) groups excluding carboxylic acids is 1. The molecule has 4 nitrogen and oxygen atoms in total. The second-order valence-electron chi connectivity index (χ2n) is 5.32. The summed E-state index contributed by atoms with van der Waals surface area (Å²) in [5.74, 6) is -0.0860. The lowest BCUT2D eigenvalue weighted by atomic mass is 10.1. The molecule has 1 aromatic rings. The van der Waals surface area contributed by atoms with Crippen LogP contribution in [-0.2, 0) is 11.2 Å². The second kappa shape index (κ2) is 7.03. The highest BCUT2D eigenvalue weighted by atomic mass is 79.9.